The molecule has 0 aromatic carbocycles. The molecule has 2 aromatic heterocycles. The molecule has 0 spiro atoms. The second-order valence-corrected chi connectivity index (χ2v) is 7.11. The van der Waals surface area contributed by atoms with Crippen LogP contribution in [0.25, 0.3) is 0 Å². The summed E-state index contributed by atoms with van der Waals surface area (Å²) in [7, 11) is 0. The van der Waals surface area contributed by atoms with Crippen LogP contribution in [-0.4, -0.2) is 60.6 Å². The van der Waals surface area contributed by atoms with Gasteiger partial charge in [-0.2, -0.15) is 5.10 Å². The molecule has 0 radical (unpaired) electrons. The quantitative estimate of drug-likeness (QED) is 0.836. The molecule has 2 aliphatic rings. The number of piperidine rings is 1. The Morgan fingerprint density at radius 3 is 3.00 bits per heavy atom. The van der Waals surface area contributed by atoms with E-state index in [9.17, 15) is 4.79 Å². The van der Waals surface area contributed by atoms with Crippen molar-refractivity contribution in [1.29, 1.82) is 0 Å². The molecule has 2 saturated heterocycles. The summed E-state index contributed by atoms with van der Waals surface area (Å²) in [5.41, 5.74) is 1.11. The minimum atomic E-state index is 0.177. The fraction of sp³-hybridized carbons (Fsp3) is 0.556. The van der Waals surface area contributed by atoms with Gasteiger partial charge in [-0.05, 0) is 30.9 Å². The summed E-state index contributed by atoms with van der Waals surface area (Å²) < 4.78 is 1.84. The predicted molar refractivity (Wildman–Crippen MR) is 92.4 cm³/mol. The summed E-state index contributed by atoms with van der Waals surface area (Å²) in [6, 6.07) is 6.63. The topological polar surface area (TPSA) is 67.2 Å². The van der Waals surface area contributed by atoms with Crippen molar-refractivity contribution >= 4 is 5.91 Å². The lowest BCUT2D eigenvalue weighted by molar-refractivity contribution is -0.133. The summed E-state index contributed by atoms with van der Waals surface area (Å²) in [5.74, 6) is 0.700. The summed E-state index contributed by atoms with van der Waals surface area (Å²) >= 11 is 0. The number of carbonyl (C=O) groups is 1. The first-order valence-electron chi connectivity index (χ1n) is 8.94. The zero-order valence-electron chi connectivity index (χ0n) is 14.5. The van der Waals surface area contributed by atoms with E-state index in [0.29, 0.717) is 12.0 Å². The first kappa shape index (κ1) is 16.2. The smallest absolute Gasteiger partial charge is 0.220 e. The van der Waals surface area contributed by atoms with Gasteiger partial charge in [0, 0.05) is 38.8 Å². The van der Waals surface area contributed by atoms with Gasteiger partial charge in [-0.3, -0.25) is 19.4 Å². The average molecular weight is 340 g/mol. The van der Waals surface area contributed by atoms with E-state index in [4.69, 9.17) is 0 Å². The van der Waals surface area contributed by atoms with Gasteiger partial charge in [-0.1, -0.05) is 6.07 Å². The van der Waals surface area contributed by atoms with Gasteiger partial charge in [0.05, 0.1) is 18.3 Å². The van der Waals surface area contributed by atoms with E-state index in [1.165, 1.54) is 0 Å². The lowest BCUT2D eigenvalue weighted by atomic mass is 9.92. The number of likely N-dealkylation sites (tertiary alicyclic amines) is 2. The summed E-state index contributed by atoms with van der Waals surface area (Å²) in [4.78, 5) is 25.3. The maximum absolute atomic E-state index is 12.3. The SMILES string of the molecule is CC(=O)N1[C@H](Cn2cncn2)C[C@@H]2CN(Cc3ccccn3)CC[C@@H]21. The Hall–Kier alpha value is -2.28. The van der Waals surface area contributed by atoms with Crippen molar-refractivity contribution < 1.29 is 4.79 Å². The van der Waals surface area contributed by atoms with Crippen LogP contribution in [0.1, 0.15) is 25.5 Å². The summed E-state index contributed by atoms with van der Waals surface area (Å²) in [6.07, 6.45) is 7.19. The third-order valence-electron chi connectivity index (χ3n) is 5.44. The molecule has 7 heteroatoms. The van der Waals surface area contributed by atoms with Crippen molar-refractivity contribution in [2.75, 3.05) is 13.1 Å². The first-order chi connectivity index (χ1) is 12.2. The second kappa shape index (κ2) is 6.92. The highest BCUT2D eigenvalue weighted by molar-refractivity contribution is 5.74. The van der Waals surface area contributed by atoms with Gasteiger partial charge in [0.15, 0.2) is 0 Å². The molecule has 0 aliphatic carbocycles. The van der Waals surface area contributed by atoms with Gasteiger partial charge in [-0.25, -0.2) is 4.98 Å². The third-order valence-corrected chi connectivity index (χ3v) is 5.44. The van der Waals surface area contributed by atoms with E-state index in [1.807, 2.05) is 23.0 Å². The second-order valence-electron chi connectivity index (χ2n) is 7.11. The maximum Gasteiger partial charge on any atom is 0.220 e. The van der Waals surface area contributed by atoms with Crippen LogP contribution < -0.4 is 0 Å². The summed E-state index contributed by atoms with van der Waals surface area (Å²) in [6.45, 7) is 5.35. The van der Waals surface area contributed by atoms with Crippen LogP contribution in [0.4, 0.5) is 0 Å². The van der Waals surface area contributed by atoms with Crippen molar-refractivity contribution in [3.8, 4) is 0 Å². The molecule has 0 bridgehead atoms. The number of amides is 1. The molecule has 2 aromatic rings. The molecule has 1 amide bonds. The predicted octanol–water partition coefficient (Wildman–Crippen LogP) is 1.18. The van der Waals surface area contributed by atoms with Crippen LogP contribution in [0, 0.1) is 5.92 Å². The van der Waals surface area contributed by atoms with Gasteiger partial charge in [0.1, 0.15) is 12.7 Å². The fourth-order valence-corrected chi connectivity index (χ4v) is 4.49. The number of rotatable bonds is 4. The Bertz CT molecular complexity index is 704. The monoisotopic (exact) mass is 340 g/mol. The standard InChI is InChI=1S/C18H24N6O/c1-14(25)24-17(11-23-13-19-12-21-23)8-15-9-22(7-5-18(15)24)10-16-4-2-3-6-20-16/h2-4,6,12-13,15,17-18H,5,7-11H2,1H3/t15-,17+,18+/m1/s1. The Labute approximate surface area is 147 Å². The Balaban J connectivity index is 1.44. The molecular formula is C18H24N6O. The average Bonchev–Trinajstić information content (AvgIpc) is 3.23. The number of fused-ring (bicyclic) bond motifs is 1. The van der Waals surface area contributed by atoms with Crippen LogP contribution >= 0.6 is 0 Å². The minimum Gasteiger partial charge on any atom is -0.335 e. The molecule has 2 aliphatic heterocycles. The molecule has 0 unspecified atom stereocenters. The lowest BCUT2D eigenvalue weighted by Crippen LogP contribution is -2.48. The number of carbonyl (C=O) groups excluding carboxylic acids is 1. The number of nitrogens with zero attached hydrogens (tertiary/aromatic N) is 6. The van der Waals surface area contributed by atoms with Gasteiger partial charge in [0.2, 0.25) is 5.91 Å². The van der Waals surface area contributed by atoms with Crippen molar-refractivity contribution in [2.45, 2.75) is 44.9 Å². The highest BCUT2D eigenvalue weighted by Gasteiger charge is 2.45. The Morgan fingerprint density at radius 2 is 2.28 bits per heavy atom. The Kier molecular flexibility index (Phi) is 4.48. The molecule has 0 saturated carbocycles. The molecule has 3 atom stereocenters. The normalized spacial score (nSPS) is 26.6. The zero-order valence-corrected chi connectivity index (χ0v) is 14.5. The van der Waals surface area contributed by atoms with E-state index >= 15 is 0 Å². The third kappa shape index (κ3) is 3.42. The van der Waals surface area contributed by atoms with Crippen molar-refractivity contribution in [1.82, 2.24) is 29.5 Å². The van der Waals surface area contributed by atoms with Gasteiger partial charge < -0.3 is 4.90 Å². The number of hydrogen-bond acceptors (Lipinski definition) is 5. The minimum absolute atomic E-state index is 0.177. The molecular weight excluding hydrogens is 316 g/mol. The lowest BCUT2D eigenvalue weighted by Gasteiger charge is -2.38. The van der Waals surface area contributed by atoms with Crippen molar-refractivity contribution in [3.05, 3.63) is 42.7 Å². The zero-order chi connectivity index (χ0) is 17.2. The van der Waals surface area contributed by atoms with Gasteiger partial charge >= 0.3 is 0 Å². The van der Waals surface area contributed by atoms with Crippen molar-refractivity contribution in [3.63, 3.8) is 0 Å². The maximum atomic E-state index is 12.3. The number of pyridine rings is 1. The largest absolute Gasteiger partial charge is 0.335 e. The molecule has 25 heavy (non-hydrogen) atoms. The molecule has 7 nitrogen and oxygen atoms in total. The van der Waals surface area contributed by atoms with Gasteiger partial charge in [0.25, 0.3) is 0 Å². The number of hydrogen-bond donors (Lipinski definition) is 0. The van der Waals surface area contributed by atoms with E-state index in [0.717, 1.165) is 44.7 Å². The molecule has 0 N–H and O–H groups in total. The van der Waals surface area contributed by atoms with Crippen LogP contribution in [0.3, 0.4) is 0 Å². The van der Waals surface area contributed by atoms with E-state index in [-0.39, 0.29) is 11.9 Å². The van der Waals surface area contributed by atoms with Gasteiger partial charge in [-0.15, -0.1) is 0 Å². The molecule has 132 valence electrons. The Morgan fingerprint density at radius 1 is 1.36 bits per heavy atom. The highest BCUT2D eigenvalue weighted by Crippen LogP contribution is 2.36. The van der Waals surface area contributed by atoms with Crippen LogP contribution in [0.5, 0.6) is 0 Å². The molecule has 4 heterocycles. The fourth-order valence-electron chi connectivity index (χ4n) is 4.49. The first-order valence-corrected chi connectivity index (χ1v) is 8.94. The van der Waals surface area contributed by atoms with Crippen molar-refractivity contribution in [2.24, 2.45) is 5.92 Å². The van der Waals surface area contributed by atoms with Crippen LogP contribution in [-0.2, 0) is 17.9 Å². The molecule has 4 rings (SSSR count). The van der Waals surface area contributed by atoms with Crippen LogP contribution in [0.15, 0.2) is 37.1 Å². The highest BCUT2D eigenvalue weighted by atomic mass is 16.2. The van der Waals surface area contributed by atoms with E-state index in [2.05, 4.69) is 30.9 Å². The number of aromatic nitrogens is 4. The van der Waals surface area contributed by atoms with E-state index < -0.39 is 0 Å². The summed E-state index contributed by atoms with van der Waals surface area (Å²) in [5, 5.41) is 4.21. The van der Waals surface area contributed by atoms with Crippen LogP contribution in [0.2, 0.25) is 0 Å². The van der Waals surface area contributed by atoms with E-state index in [1.54, 1.807) is 19.6 Å². The molecule has 2 fully saturated rings.